The number of piperidine rings is 1. The molecule has 0 aromatic carbocycles. The molecule has 70 valence electrons. The highest BCUT2D eigenvalue weighted by atomic mass is 16.3. The minimum absolute atomic E-state index is 0.145. The molecule has 2 fully saturated rings. The fraction of sp³-hybridized carbons (Fsp3) is 1.00. The summed E-state index contributed by atoms with van der Waals surface area (Å²) < 4.78 is 0. The monoisotopic (exact) mass is 174 g/mol. The molecule has 2 rings (SSSR count). The van der Waals surface area contributed by atoms with Crippen molar-refractivity contribution in [2.45, 2.75) is 37.2 Å². The van der Waals surface area contributed by atoms with Gasteiger partial charge in [0.25, 0.3) is 0 Å². The number of aliphatic hydroxyl groups is 3. The van der Waals surface area contributed by atoms with Gasteiger partial charge in [-0.1, -0.05) is 0 Å². The number of aliphatic hydroxyl groups excluding tert-OH is 3. The molecule has 2 saturated heterocycles. The van der Waals surface area contributed by atoms with Crippen LogP contribution in [0.1, 0.15) is 12.8 Å². The zero-order valence-electron chi connectivity index (χ0n) is 6.98. The first-order chi connectivity index (χ1) is 5.70. The first-order valence-corrected chi connectivity index (χ1v) is 4.59. The summed E-state index contributed by atoms with van der Waals surface area (Å²) in [7, 11) is 0. The van der Waals surface area contributed by atoms with Gasteiger partial charge in [0.1, 0.15) is 30.9 Å². The maximum atomic E-state index is 9.58. The average Bonchev–Trinajstić information content (AvgIpc) is 2.29. The quantitative estimate of drug-likeness (QED) is 0.319. The molecule has 12 heavy (non-hydrogen) atoms. The maximum absolute atomic E-state index is 9.58. The third-order valence-corrected chi connectivity index (χ3v) is 3.12. The number of hydrogen-bond acceptors (Lipinski definition) is 3. The molecule has 0 aromatic rings. The minimum atomic E-state index is -0.727. The highest BCUT2D eigenvalue weighted by Crippen LogP contribution is 2.14. The molecule has 2 heterocycles. The van der Waals surface area contributed by atoms with Crippen molar-refractivity contribution in [3.63, 3.8) is 0 Å². The third kappa shape index (κ3) is 1.15. The predicted molar refractivity (Wildman–Crippen MR) is 41.7 cm³/mol. The van der Waals surface area contributed by atoms with Crippen molar-refractivity contribution in [2.24, 2.45) is 0 Å². The first kappa shape index (κ1) is 8.44. The molecule has 0 aliphatic carbocycles. The van der Waals surface area contributed by atoms with E-state index in [2.05, 4.69) is 0 Å². The summed E-state index contributed by atoms with van der Waals surface area (Å²) in [6.45, 7) is 1.55. The Morgan fingerprint density at radius 2 is 1.83 bits per heavy atom. The van der Waals surface area contributed by atoms with Gasteiger partial charge in [0, 0.05) is 0 Å². The van der Waals surface area contributed by atoms with E-state index in [1.54, 1.807) is 0 Å². The summed E-state index contributed by atoms with van der Waals surface area (Å²) in [4.78, 5) is 1.16. The van der Waals surface area contributed by atoms with Crippen LogP contribution in [-0.2, 0) is 0 Å². The van der Waals surface area contributed by atoms with Crippen LogP contribution in [0.2, 0.25) is 0 Å². The second-order valence-electron chi connectivity index (χ2n) is 3.91. The van der Waals surface area contributed by atoms with Crippen LogP contribution in [-0.4, -0.2) is 52.8 Å². The van der Waals surface area contributed by atoms with Gasteiger partial charge in [-0.3, -0.25) is 0 Å². The predicted octanol–water partition coefficient (Wildman–Crippen LogP) is -2.87. The topological polar surface area (TPSA) is 65.1 Å². The van der Waals surface area contributed by atoms with Crippen LogP contribution in [0.3, 0.4) is 0 Å². The largest absolute Gasteiger partial charge is 0.387 e. The minimum Gasteiger partial charge on any atom is -0.387 e. The van der Waals surface area contributed by atoms with E-state index in [-0.39, 0.29) is 6.04 Å². The van der Waals surface area contributed by atoms with Gasteiger partial charge < -0.3 is 20.2 Å². The van der Waals surface area contributed by atoms with Crippen LogP contribution in [0.4, 0.5) is 0 Å². The van der Waals surface area contributed by atoms with Crippen molar-refractivity contribution in [1.82, 2.24) is 0 Å². The van der Waals surface area contributed by atoms with Crippen LogP contribution in [0.25, 0.3) is 0 Å². The van der Waals surface area contributed by atoms with Crippen LogP contribution in [0.5, 0.6) is 0 Å². The lowest BCUT2D eigenvalue weighted by Crippen LogP contribution is -3.16. The maximum Gasteiger partial charge on any atom is 0.143 e. The molecule has 4 N–H and O–H groups in total. The molecule has 2 aliphatic rings. The second kappa shape index (κ2) is 2.96. The Morgan fingerprint density at radius 3 is 2.50 bits per heavy atom. The Bertz CT molecular complexity index is 176. The summed E-state index contributed by atoms with van der Waals surface area (Å²) in [5.74, 6) is 0. The number of rotatable bonds is 0. The molecule has 0 spiro atoms. The van der Waals surface area contributed by atoms with Gasteiger partial charge in [-0.15, -0.1) is 0 Å². The molecule has 0 aromatic heterocycles. The van der Waals surface area contributed by atoms with Crippen molar-refractivity contribution in [2.75, 3.05) is 13.1 Å². The van der Waals surface area contributed by atoms with E-state index in [1.165, 1.54) is 0 Å². The van der Waals surface area contributed by atoms with E-state index in [0.29, 0.717) is 6.54 Å². The molecular formula is C8H16NO3+. The number of nitrogens with one attached hydrogen (secondary N) is 1. The van der Waals surface area contributed by atoms with E-state index >= 15 is 0 Å². The lowest BCUT2D eigenvalue weighted by atomic mass is 9.97. The van der Waals surface area contributed by atoms with E-state index in [0.717, 1.165) is 24.3 Å². The Morgan fingerprint density at radius 1 is 1.08 bits per heavy atom. The third-order valence-electron chi connectivity index (χ3n) is 3.12. The first-order valence-electron chi connectivity index (χ1n) is 4.59. The van der Waals surface area contributed by atoms with Gasteiger partial charge in [-0.25, -0.2) is 0 Å². The molecule has 5 atom stereocenters. The molecule has 2 aliphatic heterocycles. The molecule has 0 amide bonds. The number of fused-ring (bicyclic) bond motifs is 1. The molecule has 0 saturated carbocycles. The zero-order chi connectivity index (χ0) is 8.72. The zero-order valence-corrected chi connectivity index (χ0v) is 6.98. The molecule has 0 bridgehead atoms. The lowest BCUT2D eigenvalue weighted by Gasteiger charge is -2.31. The lowest BCUT2D eigenvalue weighted by molar-refractivity contribution is -0.924. The average molecular weight is 174 g/mol. The Hall–Kier alpha value is -0.160. The second-order valence-corrected chi connectivity index (χ2v) is 3.91. The van der Waals surface area contributed by atoms with Crippen molar-refractivity contribution < 1.29 is 20.2 Å². The fourth-order valence-corrected chi connectivity index (χ4v) is 2.49. The van der Waals surface area contributed by atoms with Gasteiger partial charge in [0.05, 0.1) is 6.54 Å². The highest BCUT2D eigenvalue weighted by Gasteiger charge is 2.49. The number of quaternary nitrogens is 1. The van der Waals surface area contributed by atoms with Crippen LogP contribution in [0, 0.1) is 0 Å². The summed E-state index contributed by atoms with van der Waals surface area (Å²) in [6, 6.07) is -0.145. The van der Waals surface area contributed by atoms with Gasteiger partial charge in [0.15, 0.2) is 0 Å². The number of hydrogen-bond donors (Lipinski definition) is 4. The van der Waals surface area contributed by atoms with Gasteiger partial charge in [-0.2, -0.15) is 0 Å². The molecule has 0 radical (unpaired) electrons. The van der Waals surface area contributed by atoms with E-state index in [1.807, 2.05) is 0 Å². The van der Waals surface area contributed by atoms with Crippen molar-refractivity contribution in [3.05, 3.63) is 0 Å². The summed E-state index contributed by atoms with van der Waals surface area (Å²) in [6.07, 6.45) is -0.0429. The smallest absolute Gasteiger partial charge is 0.143 e. The van der Waals surface area contributed by atoms with Crippen LogP contribution >= 0.6 is 0 Å². The summed E-state index contributed by atoms with van der Waals surface area (Å²) in [5.41, 5.74) is 0. The van der Waals surface area contributed by atoms with E-state index in [4.69, 9.17) is 0 Å². The fourth-order valence-electron chi connectivity index (χ4n) is 2.49. The molecule has 4 heteroatoms. The molecular weight excluding hydrogens is 158 g/mol. The Labute approximate surface area is 71.4 Å². The van der Waals surface area contributed by atoms with Crippen molar-refractivity contribution in [3.8, 4) is 0 Å². The van der Waals surface area contributed by atoms with Crippen molar-refractivity contribution >= 4 is 0 Å². The van der Waals surface area contributed by atoms with Gasteiger partial charge in [0.2, 0.25) is 0 Å². The SMILES string of the molecule is O[C@H]1[C@H]2[C@H](O)CCC[NH+]2C[C@H]1O. The standard InChI is InChI=1S/C8H15NO3/c10-5-2-1-3-9-4-6(11)8(12)7(5)9/h5-8,10-12H,1-4H2/p+1/t5-,6-,7-,8-/m1/s1. The normalized spacial score (nSPS) is 53.8. The summed E-state index contributed by atoms with van der Waals surface area (Å²) >= 11 is 0. The van der Waals surface area contributed by atoms with Crippen molar-refractivity contribution in [1.29, 1.82) is 0 Å². The van der Waals surface area contributed by atoms with E-state index in [9.17, 15) is 15.3 Å². The van der Waals surface area contributed by atoms with Crippen LogP contribution in [0.15, 0.2) is 0 Å². The molecule has 1 unspecified atom stereocenters. The van der Waals surface area contributed by atoms with Crippen LogP contribution < -0.4 is 4.90 Å². The summed E-state index contributed by atoms with van der Waals surface area (Å²) in [5, 5.41) is 28.5. The highest BCUT2D eigenvalue weighted by molar-refractivity contribution is 4.87. The van der Waals surface area contributed by atoms with Gasteiger partial charge in [-0.05, 0) is 12.8 Å². The Kier molecular flexibility index (Phi) is 2.08. The Balaban J connectivity index is 2.12. The van der Waals surface area contributed by atoms with Gasteiger partial charge >= 0.3 is 0 Å². The molecule has 4 nitrogen and oxygen atoms in total. The van der Waals surface area contributed by atoms with E-state index < -0.39 is 18.3 Å².